The van der Waals surface area contributed by atoms with E-state index in [0.717, 1.165) is 12.8 Å². The first-order valence-electron chi connectivity index (χ1n) is 10.6. The fraction of sp³-hybridized carbons (Fsp3) is 0.214. The summed E-state index contributed by atoms with van der Waals surface area (Å²) in [7, 11) is 0. The average molecular weight is 361 g/mol. The quantitative estimate of drug-likeness (QED) is 0.539. The first kappa shape index (κ1) is 17.3. The molecule has 0 amide bonds. The van der Waals surface area contributed by atoms with Crippen molar-refractivity contribution in [2.75, 3.05) is 0 Å². The van der Waals surface area contributed by atoms with E-state index in [9.17, 15) is 0 Å². The van der Waals surface area contributed by atoms with Gasteiger partial charge in [0.25, 0.3) is 0 Å². The minimum Gasteiger partial charge on any atom is -0.0758 e. The van der Waals surface area contributed by atoms with Crippen LogP contribution in [0.1, 0.15) is 39.0 Å². The number of rotatable bonds is 3. The van der Waals surface area contributed by atoms with Crippen LogP contribution in [0.2, 0.25) is 0 Å². The van der Waals surface area contributed by atoms with Crippen LogP contribution in [-0.4, -0.2) is 0 Å². The zero-order valence-electron chi connectivity index (χ0n) is 16.4. The Balaban J connectivity index is 1.21. The Bertz CT molecular complexity index is 781. The van der Waals surface area contributed by atoms with Crippen LogP contribution in [0.3, 0.4) is 0 Å². The van der Waals surface area contributed by atoms with Gasteiger partial charge in [-0.1, -0.05) is 67.7 Å². The molecule has 10 radical (unpaired) electrons. The highest BCUT2D eigenvalue weighted by atomic mass is 14.5. The standard InChI is InChI=1S/C28H24/c1-18-15-21-16-19-7-6-8-20(19)17-28(21)22(18)13-14-27-25-11-4-2-9-23(25)24-10-3-5-12-26(24)27/h2-5,9-12,15-17H,6-8,13-14H2,1H3. The fourth-order valence-corrected chi connectivity index (χ4v) is 5.52. The summed E-state index contributed by atoms with van der Waals surface area (Å²) >= 11 is 0. The number of allylic oxidation sites excluding steroid dienone is 12. The summed E-state index contributed by atoms with van der Waals surface area (Å²) in [6.45, 7) is 2.29. The van der Waals surface area contributed by atoms with E-state index in [1.165, 1.54) is 66.6 Å². The van der Waals surface area contributed by atoms with Crippen molar-refractivity contribution in [2.45, 2.75) is 39.0 Å². The molecule has 136 valence electrons. The predicted molar refractivity (Wildman–Crippen MR) is 115 cm³/mol. The summed E-state index contributed by atoms with van der Waals surface area (Å²) in [5, 5.41) is 0. The smallest absolute Gasteiger partial charge is 0.0209 e. The van der Waals surface area contributed by atoms with Crippen LogP contribution >= 0.6 is 0 Å². The molecule has 0 aliphatic heterocycles. The molecule has 0 unspecified atom stereocenters. The molecular formula is C28H24. The maximum Gasteiger partial charge on any atom is 0.0209 e. The topological polar surface area (TPSA) is 0 Å². The molecule has 0 spiro atoms. The summed E-state index contributed by atoms with van der Waals surface area (Å²) in [6.07, 6.45) is 31.2. The molecule has 0 N–H and O–H groups in total. The summed E-state index contributed by atoms with van der Waals surface area (Å²) in [4.78, 5) is 0. The molecule has 6 aliphatic rings. The van der Waals surface area contributed by atoms with E-state index < -0.39 is 0 Å². The zero-order chi connectivity index (χ0) is 18.7. The number of hydrogen-bond donors (Lipinski definition) is 0. The molecule has 28 heavy (non-hydrogen) atoms. The number of fused-ring (bicyclic) bond motifs is 5. The minimum absolute atomic E-state index is 1.10. The van der Waals surface area contributed by atoms with Gasteiger partial charge in [-0.3, -0.25) is 0 Å². The van der Waals surface area contributed by atoms with Gasteiger partial charge in [-0.05, 0) is 67.4 Å². The number of hydrogen-bond acceptors (Lipinski definition) is 0. The Labute approximate surface area is 170 Å². The van der Waals surface area contributed by atoms with Gasteiger partial charge in [-0.15, -0.1) is 0 Å². The van der Waals surface area contributed by atoms with E-state index in [4.69, 9.17) is 0 Å². The molecule has 0 bridgehead atoms. The van der Waals surface area contributed by atoms with Gasteiger partial charge in [0, 0.05) is 35.5 Å². The van der Waals surface area contributed by atoms with Crippen molar-refractivity contribution in [3.63, 3.8) is 0 Å². The minimum atomic E-state index is 1.10. The highest BCUT2D eigenvalue weighted by molar-refractivity contribution is 5.77. The monoisotopic (exact) mass is 360 g/mol. The van der Waals surface area contributed by atoms with Gasteiger partial charge in [-0.25, -0.2) is 0 Å². The Morgan fingerprint density at radius 2 is 1.21 bits per heavy atom. The van der Waals surface area contributed by atoms with Crippen LogP contribution in [-0.2, 0) is 0 Å². The largest absolute Gasteiger partial charge is 0.0758 e. The Kier molecular flexibility index (Phi) is 4.17. The average Bonchev–Trinajstić information content (AvgIpc) is 3.38. The summed E-state index contributed by atoms with van der Waals surface area (Å²) in [5.41, 5.74) is 3.17. The summed E-state index contributed by atoms with van der Waals surface area (Å²) < 4.78 is 0. The van der Waals surface area contributed by atoms with Crippen LogP contribution in [0.5, 0.6) is 0 Å². The molecule has 0 heteroatoms. The molecule has 0 nitrogen and oxygen atoms in total. The van der Waals surface area contributed by atoms with Crippen molar-refractivity contribution >= 4 is 0 Å². The van der Waals surface area contributed by atoms with Gasteiger partial charge in [0.05, 0.1) is 0 Å². The van der Waals surface area contributed by atoms with Crippen molar-refractivity contribution in [3.05, 3.63) is 132 Å². The van der Waals surface area contributed by atoms with Gasteiger partial charge in [0.2, 0.25) is 0 Å². The summed E-state index contributed by atoms with van der Waals surface area (Å²) in [6, 6.07) is 0. The molecule has 0 aromatic rings. The van der Waals surface area contributed by atoms with Gasteiger partial charge >= 0.3 is 0 Å². The molecular weight excluding hydrogens is 336 g/mol. The Hall–Kier alpha value is -1.56. The second-order valence-corrected chi connectivity index (χ2v) is 8.44. The molecule has 0 aromatic carbocycles. The van der Waals surface area contributed by atoms with Crippen molar-refractivity contribution in [3.8, 4) is 0 Å². The molecule has 0 heterocycles. The third-order valence-corrected chi connectivity index (χ3v) is 6.86. The van der Waals surface area contributed by atoms with Crippen molar-refractivity contribution in [2.24, 2.45) is 0 Å². The van der Waals surface area contributed by atoms with Gasteiger partial charge in [0.15, 0.2) is 0 Å². The van der Waals surface area contributed by atoms with E-state index >= 15 is 0 Å². The predicted octanol–water partition coefficient (Wildman–Crippen LogP) is 6.49. The third kappa shape index (κ3) is 2.63. The second-order valence-electron chi connectivity index (χ2n) is 8.44. The van der Waals surface area contributed by atoms with Gasteiger partial charge in [0.1, 0.15) is 0 Å². The first-order chi connectivity index (χ1) is 13.8. The van der Waals surface area contributed by atoms with Gasteiger partial charge < -0.3 is 0 Å². The van der Waals surface area contributed by atoms with E-state index in [1.807, 2.05) is 0 Å². The molecule has 0 aromatic heterocycles. The van der Waals surface area contributed by atoms with Crippen LogP contribution in [0, 0.1) is 59.7 Å². The third-order valence-electron chi connectivity index (χ3n) is 6.86. The maximum absolute atomic E-state index is 2.50. The van der Waals surface area contributed by atoms with E-state index in [2.05, 4.69) is 74.1 Å². The van der Waals surface area contributed by atoms with Crippen LogP contribution in [0.15, 0.2) is 71.9 Å². The lowest BCUT2D eigenvalue weighted by molar-refractivity contribution is 0.753. The van der Waals surface area contributed by atoms with Crippen LogP contribution in [0.4, 0.5) is 0 Å². The van der Waals surface area contributed by atoms with E-state index in [0.29, 0.717) is 0 Å². The Morgan fingerprint density at radius 3 is 1.89 bits per heavy atom. The lowest BCUT2D eigenvalue weighted by Gasteiger charge is -2.28. The fourth-order valence-electron chi connectivity index (χ4n) is 5.52. The van der Waals surface area contributed by atoms with E-state index in [-0.39, 0.29) is 0 Å². The summed E-state index contributed by atoms with van der Waals surface area (Å²) in [5.74, 6) is 13.1. The SMILES string of the molecule is C[C]1[CH][C]2C=C3CCCC3=C[C]2[C]1CC[C]1[C]2C=CC=C[C]2[C]2C=CC=C[C]21. The van der Waals surface area contributed by atoms with Crippen molar-refractivity contribution in [1.82, 2.24) is 0 Å². The zero-order valence-corrected chi connectivity index (χ0v) is 16.4. The normalized spacial score (nSPS) is 30.0. The molecule has 0 saturated heterocycles. The highest BCUT2D eigenvalue weighted by Gasteiger charge is 2.50. The first-order valence-corrected chi connectivity index (χ1v) is 10.6. The van der Waals surface area contributed by atoms with Crippen molar-refractivity contribution < 1.29 is 0 Å². The van der Waals surface area contributed by atoms with Crippen LogP contribution < -0.4 is 0 Å². The second kappa shape index (κ2) is 6.75. The van der Waals surface area contributed by atoms with Crippen LogP contribution in [0.25, 0.3) is 0 Å². The lowest BCUT2D eigenvalue weighted by atomic mass is 9.75. The lowest BCUT2D eigenvalue weighted by Crippen LogP contribution is -2.16. The molecule has 6 rings (SSSR count). The van der Waals surface area contributed by atoms with Crippen molar-refractivity contribution in [1.29, 1.82) is 0 Å². The molecule has 3 fully saturated rings. The Morgan fingerprint density at radius 1 is 0.643 bits per heavy atom. The molecule has 3 saturated carbocycles. The van der Waals surface area contributed by atoms with E-state index in [1.54, 1.807) is 17.1 Å². The maximum atomic E-state index is 2.50. The molecule has 6 aliphatic carbocycles. The highest BCUT2D eigenvalue weighted by Crippen LogP contribution is 2.61. The molecule has 0 atom stereocenters. The van der Waals surface area contributed by atoms with Gasteiger partial charge in [-0.2, -0.15) is 0 Å².